The third kappa shape index (κ3) is 4.05. The van der Waals surface area contributed by atoms with Crippen molar-refractivity contribution in [1.82, 2.24) is 10.4 Å². The molecule has 3 heteroatoms. The summed E-state index contributed by atoms with van der Waals surface area (Å²) in [5.74, 6) is 0. The number of nitrogens with zero attached hydrogens (tertiary/aromatic N) is 1. The summed E-state index contributed by atoms with van der Waals surface area (Å²) in [6, 6.07) is 11.3. The van der Waals surface area contributed by atoms with E-state index >= 15 is 0 Å². The number of piperidine rings is 1. The van der Waals surface area contributed by atoms with Crippen molar-refractivity contribution in [2.75, 3.05) is 13.1 Å². The Balaban J connectivity index is 1.36. The normalized spacial score (nSPS) is 22.4. The second kappa shape index (κ2) is 7.21. The minimum Gasteiger partial charge on any atom is -0.299 e. The minimum atomic E-state index is 0.470. The zero-order valence-electron chi connectivity index (χ0n) is 12.3. The van der Waals surface area contributed by atoms with Crippen molar-refractivity contribution in [3.05, 3.63) is 35.9 Å². The van der Waals surface area contributed by atoms with Gasteiger partial charge in [0.15, 0.2) is 0 Å². The number of hydrogen-bond acceptors (Lipinski definition) is 3. The van der Waals surface area contributed by atoms with Gasteiger partial charge in [0.25, 0.3) is 0 Å². The van der Waals surface area contributed by atoms with Crippen molar-refractivity contribution in [1.29, 1.82) is 0 Å². The maximum atomic E-state index is 5.83. The lowest BCUT2D eigenvalue weighted by Crippen LogP contribution is -2.43. The van der Waals surface area contributed by atoms with E-state index in [1.54, 1.807) is 0 Å². The summed E-state index contributed by atoms with van der Waals surface area (Å²) in [5.41, 5.74) is 4.74. The Morgan fingerprint density at radius 2 is 1.70 bits per heavy atom. The largest absolute Gasteiger partial charge is 0.299 e. The van der Waals surface area contributed by atoms with E-state index in [2.05, 4.69) is 40.7 Å². The van der Waals surface area contributed by atoms with Gasteiger partial charge in [-0.05, 0) is 31.2 Å². The Hall–Kier alpha value is -0.900. The molecule has 0 unspecified atom stereocenters. The van der Waals surface area contributed by atoms with Gasteiger partial charge in [0, 0.05) is 25.7 Å². The maximum Gasteiger partial charge on any atom is 0.0790 e. The first-order valence-electron chi connectivity index (χ1n) is 8.07. The molecule has 0 amide bonds. The summed E-state index contributed by atoms with van der Waals surface area (Å²) in [6.45, 7) is 3.41. The van der Waals surface area contributed by atoms with Crippen LogP contribution in [0.15, 0.2) is 30.3 Å². The molecule has 2 aliphatic rings. The molecule has 1 aliphatic carbocycles. The van der Waals surface area contributed by atoms with Crippen LogP contribution in [0.3, 0.4) is 0 Å². The van der Waals surface area contributed by atoms with Crippen LogP contribution in [0.25, 0.3) is 0 Å². The van der Waals surface area contributed by atoms with Gasteiger partial charge in [-0.1, -0.05) is 43.2 Å². The van der Waals surface area contributed by atoms with Crippen molar-refractivity contribution in [2.24, 2.45) is 0 Å². The fraction of sp³-hybridized carbons (Fsp3) is 0.647. The van der Waals surface area contributed by atoms with Gasteiger partial charge in [-0.3, -0.25) is 9.74 Å². The van der Waals surface area contributed by atoms with Crippen molar-refractivity contribution >= 4 is 0 Å². The first kappa shape index (κ1) is 14.1. The van der Waals surface area contributed by atoms with Crippen molar-refractivity contribution < 1.29 is 4.84 Å². The number of hydrogen-bond donors (Lipinski definition) is 1. The zero-order chi connectivity index (χ0) is 13.6. The fourth-order valence-electron chi connectivity index (χ4n) is 3.25. The van der Waals surface area contributed by atoms with Gasteiger partial charge >= 0.3 is 0 Å². The lowest BCUT2D eigenvalue weighted by atomic mass is 10.1. The topological polar surface area (TPSA) is 24.5 Å². The smallest absolute Gasteiger partial charge is 0.0790 e. The predicted molar refractivity (Wildman–Crippen MR) is 81.2 cm³/mol. The van der Waals surface area contributed by atoms with E-state index in [1.807, 2.05) is 0 Å². The lowest BCUT2D eigenvalue weighted by molar-refractivity contribution is -0.0507. The molecule has 3 nitrogen and oxygen atoms in total. The molecule has 1 heterocycles. The van der Waals surface area contributed by atoms with E-state index in [-0.39, 0.29) is 0 Å². The van der Waals surface area contributed by atoms with E-state index in [0.29, 0.717) is 12.1 Å². The molecule has 1 aliphatic heterocycles. The summed E-state index contributed by atoms with van der Waals surface area (Å²) in [7, 11) is 0. The predicted octanol–water partition coefficient (Wildman–Crippen LogP) is 3.11. The van der Waals surface area contributed by atoms with Gasteiger partial charge in [-0.2, -0.15) is 5.48 Å². The third-order valence-electron chi connectivity index (χ3n) is 4.54. The summed E-state index contributed by atoms with van der Waals surface area (Å²) in [4.78, 5) is 8.37. The molecule has 0 atom stereocenters. The van der Waals surface area contributed by atoms with Gasteiger partial charge in [0.1, 0.15) is 0 Å². The second-order valence-corrected chi connectivity index (χ2v) is 6.18. The summed E-state index contributed by atoms with van der Waals surface area (Å²) >= 11 is 0. The van der Waals surface area contributed by atoms with Crippen LogP contribution in [0.5, 0.6) is 0 Å². The average molecular weight is 274 g/mol. The molecule has 1 saturated heterocycles. The monoisotopic (exact) mass is 274 g/mol. The van der Waals surface area contributed by atoms with Gasteiger partial charge in [-0.25, -0.2) is 0 Å². The van der Waals surface area contributed by atoms with Gasteiger partial charge in [-0.15, -0.1) is 0 Å². The minimum absolute atomic E-state index is 0.470. The van der Waals surface area contributed by atoms with Crippen LogP contribution in [-0.4, -0.2) is 30.1 Å². The standard InChI is InChI=1S/C17H26N2O/c1-2-6-15(7-3-1)14-19-12-10-16(11-13-19)18-20-17-8-4-5-9-17/h1-3,6-7,16-18H,4-5,8-14H2. The SMILES string of the molecule is c1ccc(CN2CCC(NOC3CCCC3)CC2)cc1. The zero-order valence-corrected chi connectivity index (χ0v) is 12.3. The van der Waals surface area contributed by atoms with Crippen LogP contribution >= 0.6 is 0 Å². The van der Waals surface area contributed by atoms with Crippen molar-refractivity contribution in [3.63, 3.8) is 0 Å². The molecule has 0 bridgehead atoms. The molecule has 1 N–H and O–H groups in total. The fourth-order valence-corrected chi connectivity index (χ4v) is 3.25. The molecule has 3 rings (SSSR count). The summed E-state index contributed by atoms with van der Waals surface area (Å²) in [5, 5.41) is 0. The van der Waals surface area contributed by atoms with Gasteiger partial charge < -0.3 is 0 Å². The summed E-state index contributed by atoms with van der Waals surface area (Å²) in [6.07, 6.45) is 8.00. The number of benzene rings is 1. The number of rotatable bonds is 5. The number of hydroxylamine groups is 1. The first-order valence-corrected chi connectivity index (χ1v) is 8.07. The molecular formula is C17H26N2O. The molecule has 2 fully saturated rings. The molecule has 0 aromatic heterocycles. The number of nitrogens with one attached hydrogen (secondary N) is 1. The van der Waals surface area contributed by atoms with E-state index in [1.165, 1.54) is 57.2 Å². The van der Waals surface area contributed by atoms with Crippen molar-refractivity contribution in [3.8, 4) is 0 Å². The molecule has 1 aromatic rings. The second-order valence-electron chi connectivity index (χ2n) is 6.18. The van der Waals surface area contributed by atoms with Crippen LogP contribution in [0, 0.1) is 0 Å². The highest BCUT2D eigenvalue weighted by molar-refractivity contribution is 5.14. The van der Waals surface area contributed by atoms with Crippen LogP contribution < -0.4 is 5.48 Å². The Bertz CT molecular complexity index is 381. The summed E-state index contributed by atoms with van der Waals surface area (Å²) < 4.78 is 0. The van der Waals surface area contributed by atoms with Crippen LogP contribution in [0.1, 0.15) is 44.1 Å². The molecule has 20 heavy (non-hydrogen) atoms. The molecule has 110 valence electrons. The van der Waals surface area contributed by atoms with Crippen LogP contribution in [-0.2, 0) is 11.4 Å². The van der Waals surface area contributed by atoms with Crippen molar-refractivity contribution in [2.45, 2.75) is 57.2 Å². The lowest BCUT2D eigenvalue weighted by Gasteiger charge is -2.32. The highest BCUT2D eigenvalue weighted by Gasteiger charge is 2.21. The highest BCUT2D eigenvalue weighted by Crippen LogP contribution is 2.21. The number of likely N-dealkylation sites (tertiary alicyclic amines) is 1. The molecule has 0 radical (unpaired) electrons. The Morgan fingerprint density at radius 3 is 2.40 bits per heavy atom. The quantitative estimate of drug-likeness (QED) is 0.835. The molecular weight excluding hydrogens is 248 g/mol. The Morgan fingerprint density at radius 1 is 1.00 bits per heavy atom. The molecule has 1 aromatic carbocycles. The Labute approximate surface area is 122 Å². The first-order chi connectivity index (χ1) is 9.90. The van der Waals surface area contributed by atoms with Crippen LogP contribution in [0.2, 0.25) is 0 Å². The van der Waals surface area contributed by atoms with Crippen LogP contribution in [0.4, 0.5) is 0 Å². The van der Waals surface area contributed by atoms with Gasteiger partial charge in [0.05, 0.1) is 6.10 Å². The molecule has 1 saturated carbocycles. The maximum absolute atomic E-state index is 5.83. The van der Waals surface area contributed by atoms with E-state index in [9.17, 15) is 0 Å². The van der Waals surface area contributed by atoms with E-state index in [4.69, 9.17) is 4.84 Å². The van der Waals surface area contributed by atoms with E-state index < -0.39 is 0 Å². The van der Waals surface area contributed by atoms with E-state index in [0.717, 1.165) is 6.54 Å². The average Bonchev–Trinajstić information content (AvgIpc) is 3.01. The van der Waals surface area contributed by atoms with Gasteiger partial charge in [0.2, 0.25) is 0 Å². The molecule has 0 spiro atoms. The Kier molecular flexibility index (Phi) is 5.06. The third-order valence-corrected chi connectivity index (χ3v) is 4.54. The highest BCUT2D eigenvalue weighted by atomic mass is 16.7.